The van der Waals surface area contributed by atoms with Crippen LogP contribution in [-0.2, 0) is 10.3 Å². The molecule has 2 aromatic rings. The molecule has 0 bridgehead atoms. The van der Waals surface area contributed by atoms with Crippen LogP contribution in [0.2, 0.25) is 0 Å². The van der Waals surface area contributed by atoms with Crippen molar-refractivity contribution in [1.29, 1.82) is 0 Å². The number of phenolic OH excluding ortho intramolecular Hbond substituents is 1. The first-order valence-electron chi connectivity index (χ1n) is 7.99. The molecule has 1 heterocycles. The highest BCUT2D eigenvalue weighted by Crippen LogP contribution is 2.37. The molecule has 1 fully saturated rings. The van der Waals surface area contributed by atoms with E-state index in [1.165, 1.54) is 18.2 Å². The highest BCUT2D eigenvalue weighted by Gasteiger charge is 2.39. The first-order valence-corrected chi connectivity index (χ1v) is 7.99. The number of phenols is 1. The van der Waals surface area contributed by atoms with Gasteiger partial charge in [0.15, 0.2) is 5.75 Å². The van der Waals surface area contributed by atoms with Gasteiger partial charge in [0.05, 0.1) is 4.92 Å². The number of esters is 1. The summed E-state index contributed by atoms with van der Waals surface area (Å²) in [7, 11) is 0. The first-order chi connectivity index (χ1) is 12.0. The van der Waals surface area contributed by atoms with Gasteiger partial charge in [-0.1, -0.05) is 36.4 Å². The molecule has 0 unspecified atom stereocenters. The molecule has 1 saturated heterocycles. The van der Waals surface area contributed by atoms with E-state index in [0.717, 1.165) is 5.56 Å². The van der Waals surface area contributed by atoms with Crippen molar-refractivity contribution in [1.82, 2.24) is 5.32 Å². The van der Waals surface area contributed by atoms with Crippen LogP contribution < -0.4 is 5.32 Å². The number of nitro benzene ring substituents is 1. The number of hydrogen-bond acceptors (Lipinski definition) is 6. The molecule has 7 nitrogen and oxygen atoms in total. The van der Waals surface area contributed by atoms with Crippen molar-refractivity contribution >= 4 is 11.7 Å². The van der Waals surface area contributed by atoms with Crippen LogP contribution in [0, 0.1) is 10.1 Å². The first kappa shape index (κ1) is 16.9. The van der Waals surface area contributed by atoms with Gasteiger partial charge in [-0.15, -0.1) is 0 Å². The van der Waals surface area contributed by atoms with E-state index in [2.05, 4.69) is 5.32 Å². The lowest BCUT2D eigenvalue weighted by Crippen LogP contribution is -2.43. The summed E-state index contributed by atoms with van der Waals surface area (Å²) in [4.78, 5) is 23.2. The van der Waals surface area contributed by atoms with Crippen molar-refractivity contribution in [3.63, 3.8) is 0 Å². The summed E-state index contributed by atoms with van der Waals surface area (Å²) in [5.74, 6) is -1.37. The quantitative estimate of drug-likeness (QED) is 0.503. The number of ether oxygens (including phenoxy) is 1. The molecule has 0 spiro atoms. The minimum atomic E-state index is -0.844. The van der Waals surface area contributed by atoms with Crippen LogP contribution in [0.1, 0.15) is 28.8 Å². The lowest BCUT2D eigenvalue weighted by Gasteiger charge is -2.37. The van der Waals surface area contributed by atoms with Gasteiger partial charge in [0.1, 0.15) is 11.2 Å². The van der Waals surface area contributed by atoms with Crippen LogP contribution in [0.5, 0.6) is 5.75 Å². The molecule has 1 aliphatic heterocycles. The lowest BCUT2D eigenvalue weighted by atomic mass is 9.84. The molecule has 0 aliphatic carbocycles. The zero-order valence-corrected chi connectivity index (χ0v) is 13.5. The number of benzene rings is 2. The Labute approximate surface area is 144 Å². The Kier molecular flexibility index (Phi) is 4.67. The highest BCUT2D eigenvalue weighted by molar-refractivity contribution is 5.95. The number of rotatable bonds is 4. The molecular formula is C18H18N2O5. The number of hydrogen-bond donors (Lipinski definition) is 2. The summed E-state index contributed by atoms with van der Waals surface area (Å²) in [5, 5.41) is 24.2. The van der Waals surface area contributed by atoms with Crippen LogP contribution in [-0.4, -0.2) is 29.1 Å². The van der Waals surface area contributed by atoms with Gasteiger partial charge in [0, 0.05) is 12.8 Å². The van der Waals surface area contributed by atoms with Crippen LogP contribution in [0.4, 0.5) is 5.69 Å². The predicted octanol–water partition coefficient (Wildman–Crippen LogP) is 2.74. The van der Waals surface area contributed by atoms with Gasteiger partial charge in [0.2, 0.25) is 0 Å². The zero-order valence-electron chi connectivity index (χ0n) is 13.5. The Morgan fingerprint density at radius 1 is 1.12 bits per heavy atom. The molecule has 2 aromatic carbocycles. The van der Waals surface area contributed by atoms with Crippen molar-refractivity contribution in [2.75, 3.05) is 13.1 Å². The normalized spacial score (nSPS) is 16.2. The predicted molar refractivity (Wildman–Crippen MR) is 90.4 cm³/mol. The molecule has 0 radical (unpaired) electrons. The third-order valence-corrected chi connectivity index (χ3v) is 4.42. The average Bonchev–Trinajstić information content (AvgIpc) is 2.62. The van der Waals surface area contributed by atoms with Gasteiger partial charge < -0.3 is 15.2 Å². The van der Waals surface area contributed by atoms with Crippen molar-refractivity contribution in [2.24, 2.45) is 0 Å². The van der Waals surface area contributed by atoms with Gasteiger partial charge in [-0.2, -0.15) is 0 Å². The van der Waals surface area contributed by atoms with Crippen molar-refractivity contribution in [3.05, 3.63) is 69.8 Å². The van der Waals surface area contributed by atoms with E-state index in [-0.39, 0.29) is 5.56 Å². The van der Waals surface area contributed by atoms with Crippen LogP contribution in [0.3, 0.4) is 0 Å². The molecule has 130 valence electrons. The molecule has 1 aliphatic rings. The van der Waals surface area contributed by atoms with E-state index in [9.17, 15) is 20.0 Å². The maximum atomic E-state index is 12.7. The lowest BCUT2D eigenvalue weighted by molar-refractivity contribution is -0.386. The van der Waals surface area contributed by atoms with E-state index in [1.807, 2.05) is 30.3 Å². The number of aromatic hydroxyl groups is 1. The standard InChI is InChI=1S/C18H18N2O5/c21-15-8-4-7-14(16(15)20(23)24)17(22)25-18(9-11-19-12-10-18)13-5-2-1-3-6-13/h1-8,19,21H,9-12H2. The summed E-state index contributed by atoms with van der Waals surface area (Å²) < 4.78 is 5.80. The van der Waals surface area contributed by atoms with Crippen molar-refractivity contribution in [3.8, 4) is 5.75 Å². The molecule has 0 saturated carbocycles. The summed E-state index contributed by atoms with van der Waals surface area (Å²) in [6, 6.07) is 13.2. The summed E-state index contributed by atoms with van der Waals surface area (Å²) >= 11 is 0. The van der Waals surface area contributed by atoms with Gasteiger partial charge in [-0.25, -0.2) is 4.79 Å². The van der Waals surface area contributed by atoms with Gasteiger partial charge >= 0.3 is 11.7 Å². The topological polar surface area (TPSA) is 102 Å². The summed E-state index contributed by atoms with van der Waals surface area (Å²) in [6.45, 7) is 1.34. The fourth-order valence-electron chi connectivity index (χ4n) is 3.14. The minimum absolute atomic E-state index is 0.251. The summed E-state index contributed by atoms with van der Waals surface area (Å²) in [5.41, 5.74) is -0.876. The monoisotopic (exact) mass is 342 g/mol. The fraction of sp³-hybridized carbons (Fsp3) is 0.278. The largest absolute Gasteiger partial charge is 0.502 e. The van der Waals surface area contributed by atoms with Gasteiger partial charge in [-0.3, -0.25) is 10.1 Å². The number of nitrogens with zero attached hydrogens (tertiary/aromatic N) is 1. The fourth-order valence-corrected chi connectivity index (χ4v) is 3.14. The number of carbonyl (C=O) groups excluding carboxylic acids is 1. The number of piperidine rings is 1. The third-order valence-electron chi connectivity index (χ3n) is 4.42. The Balaban J connectivity index is 1.98. The number of nitro groups is 1. The summed E-state index contributed by atoms with van der Waals surface area (Å²) in [6.07, 6.45) is 1.13. The zero-order chi connectivity index (χ0) is 17.9. The van der Waals surface area contributed by atoms with E-state index >= 15 is 0 Å². The third kappa shape index (κ3) is 3.32. The second-order valence-corrected chi connectivity index (χ2v) is 5.93. The number of carbonyl (C=O) groups is 1. The second kappa shape index (κ2) is 6.90. The Morgan fingerprint density at radius 3 is 2.44 bits per heavy atom. The molecule has 0 amide bonds. The van der Waals surface area contributed by atoms with E-state index in [0.29, 0.717) is 25.9 Å². The molecule has 0 aromatic heterocycles. The Morgan fingerprint density at radius 2 is 1.80 bits per heavy atom. The molecule has 0 atom stereocenters. The smallest absolute Gasteiger partial charge is 0.346 e. The van der Waals surface area contributed by atoms with Crippen molar-refractivity contribution in [2.45, 2.75) is 18.4 Å². The molecule has 2 N–H and O–H groups in total. The highest BCUT2D eigenvalue weighted by atomic mass is 16.6. The SMILES string of the molecule is O=C(OC1(c2ccccc2)CCNCC1)c1cccc(O)c1[N+](=O)[O-]. The molecule has 7 heteroatoms. The van der Waals surface area contributed by atoms with Gasteiger partial charge in [0.25, 0.3) is 0 Å². The molecular weight excluding hydrogens is 324 g/mol. The molecule has 25 heavy (non-hydrogen) atoms. The average molecular weight is 342 g/mol. The van der Waals surface area contributed by atoms with E-state index in [4.69, 9.17) is 4.74 Å². The number of para-hydroxylation sites is 1. The molecule has 3 rings (SSSR count). The maximum Gasteiger partial charge on any atom is 0.346 e. The Bertz CT molecular complexity index is 785. The van der Waals surface area contributed by atoms with Crippen molar-refractivity contribution < 1.29 is 19.6 Å². The number of nitrogens with one attached hydrogen (secondary N) is 1. The Hall–Kier alpha value is -2.93. The second-order valence-electron chi connectivity index (χ2n) is 5.93. The van der Waals surface area contributed by atoms with E-state index < -0.39 is 27.9 Å². The van der Waals surface area contributed by atoms with Crippen LogP contribution in [0.15, 0.2) is 48.5 Å². The minimum Gasteiger partial charge on any atom is -0.502 e. The maximum absolute atomic E-state index is 12.7. The van der Waals surface area contributed by atoms with Gasteiger partial charge in [-0.05, 0) is 30.8 Å². The van der Waals surface area contributed by atoms with E-state index in [1.54, 1.807) is 0 Å². The van der Waals surface area contributed by atoms with Crippen LogP contribution >= 0.6 is 0 Å². The van der Waals surface area contributed by atoms with Crippen LogP contribution in [0.25, 0.3) is 0 Å².